The Hall–Kier alpha value is -4.22. The van der Waals surface area contributed by atoms with Crippen molar-refractivity contribution in [2.75, 3.05) is 7.11 Å². The normalized spacial score (nSPS) is 11.4. The largest absolute Gasteiger partial charge is 0.573 e. The Bertz CT molecular complexity index is 1280. The van der Waals surface area contributed by atoms with Crippen LogP contribution in [0.5, 0.6) is 5.75 Å². The quantitative estimate of drug-likeness (QED) is 0.398. The molecule has 33 heavy (non-hydrogen) atoms. The van der Waals surface area contributed by atoms with Crippen molar-refractivity contribution < 1.29 is 32.0 Å². The van der Waals surface area contributed by atoms with Gasteiger partial charge < -0.3 is 14.0 Å². The number of methoxy groups -OCH3 is 1. The molecule has 0 aliphatic rings. The van der Waals surface area contributed by atoms with E-state index in [2.05, 4.69) is 25.0 Å². The van der Waals surface area contributed by atoms with Gasteiger partial charge in [-0.25, -0.2) is 14.5 Å². The minimum Gasteiger partial charge on any atom is -0.465 e. The monoisotopic (exact) mass is 459 g/mol. The number of ether oxygens (including phenoxy) is 2. The Morgan fingerprint density at radius 2 is 1.85 bits per heavy atom. The number of carbonyl (C=O) groups excluding carboxylic acids is 1. The van der Waals surface area contributed by atoms with Gasteiger partial charge in [0.15, 0.2) is 0 Å². The van der Waals surface area contributed by atoms with Crippen molar-refractivity contribution in [1.29, 1.82) is 0 Å². The second-order valence-electron chi connectivity index (χ2n) is 6.83. The summed E-state index contributed by atoms with van der Waals surface area (Å²) < 4.78 is 52.3. The Morgan fingerprint density at radius 1 is 1.09 bits per heavy atom. The number of rotatable bonds is 6. The molecule has 2 aromatic carbocycles. The SMILES string of the molecule is COC(=O)c1cccc(Cn2nc(-c3nc(-c4ccc(OC(F)(F)F)cc4)no3)nc2C)c1. The minimum absolute atomic E-state index is 0.0470. The maximum Gasteiger partial charge on any atom is 0.573 e. The van der Waals surface area contributed by atoms with E-state index in [-0.39, 0.29) is 23.3 Å². The Labute approximate surface area is 184 Å². The summed E-state index contributed by atoms with van der Waals surface area (Å²) in [7, 11) is 1.31. The summed E-state index contributed by atoms with van der Waals surface area (Å²) in [5, 5.41) is 8.22. The molecule has 0 atom stereocenters. The van der Waals surface area contributed by atoms with Gasteiger partial charge in [0.05, 0.1) is 19.2 Å². The second kappa shape index (κ2) is 8.73. The van der Waals surface area contributed by atoms with Crippen LogP contribution in [0.15, 0.2) is 53.1 Å². The molecule has 12 heteroatoms. The van der Waals surface area contributed by atoms with E-state index in [1.807, 2.05) is 6.07 Å². The lowest BCUT2D eigenvalue weighted by Crippen LogP contribution is -2.16. The lowest BCUT2D eigenvalue weighted by atomic mass is 10.1. The highest BCUT2D eigenvalue weighted by Crippen LogP contribution is 2.26. The highest BCUT2D eigenvalue weighted by Gasteiger charge is 2.31. The van der Waals surface area contributed by atoms with Crippen molar-refractivity contribution in [3.05, 3.63) is 65.5 Å². The van der Waals surface area contributed by atoms with Crippen molar-refractivity contribution in [1.82, 2.24) is 24.9 Å². The number of alkyl halides is 3. The highest BCUT2D eigenvalue weighted by atomic mass is 19.4. The summed E-state index contributed by atoms with van der Waals surface area (Å²) in [4.78, 5) is 20.3. The second-order valence-corrected chi connectivity index (χ2v) is 6.83. The Kier molecular flexibility index (Phi) is 5.82. The molecule has 170 valence electrons. The molecule has 4 aromatic rings. The van der Waals surface area contributed by atoms with Crippen LogP contribution in [0.3, 0.4) is 0 Å². The number of nitrogens with zero attached hydrogens (tertiary/aromatic N) is 5. The molecule has 0 amide bonds. The molecule has 2 heterocycles. The van der Waals surface area contributed by atoms with Crippen molar-refractivity contribution in [2.45, 2.75) is 19.8 Å². The van der Waals surface area contributed by atoms with Crippen LogP contribution in [0, 0.1) is 6.92 Å². The highest BCUT2D eigenvalue weighted by molar-refractivity contribution is 5.89. The van der Waals surface area contributed by atoms with E-state index >= 15 is 0 Å². The van der Waals surface area contributed by atoms with Gasteiger partial charge in [-0.3, -0.25) is 0 Å². The fraction of sp³-hybridized carbons (Fsp3) is 0.190. The predicted molar refractivity (Wildman–Crippen MR) is 107 cm³/mol. The van der Waals surface area contributed by atoms with E-state index in [9.17, 15) is 18.0 Å². The van der Waals surface area contributed by atoms with Crippen LogP contribution in [0.1, 0.15) is 21.7 Å². The van der Waals surface area contributed by atoms with Gasteiger partial charge in [0.1, 0.15) is 11.6 Å². The standard InChI is InChI=1S/C21H16F3N5O4/c1-12-25-18(27-29(12)11-13-4-3-5-15(10-13)20(30)31-2)19-26-17(28-33-19)14-6-8-16(9-7-14)32-21(22,23)24/h3-10H,11H2,1-2H3. The van der Waals surface area contributed by atoms with Gasteiger partial charge in [0, 0.05) is 5.56 Å². The zero-order chi connectivity index (χ0) is 23.6. The van der Waals surface area contributed by atoms with E-state index in [0.717, 1.165) is 17.7 Å². The van der Waals surface area contributed by atoms with E-state index in [4.69, 9.17) is 9.26 Å². The Balaban J connectivity index is 1.52. The predicted octanol–water partition coefficient (Wildman–Crippen LogP) is 4.04. The third-order valence-electron chi connectivity index (χ3n) is 4.50. The first kappa shape index (κ1) is 22.0. The first-order valence-corrected chi connectivity index (χ1v) is 9.51. The summed E-state index contributed by atoms with van der Waals surface area (Å²) in [6.07, 6.45) is -4.77. The third-order valence-corrected chi connectivity index (χ3v) is 4.50. The van der Waals surface area contributed by atoms with Gasteiger partial charge in [-0.05, 0) is 48.9 Å². The van der Waals surface area contributed by atoms with Gasteiger partial charge in [-0.1, -0.05) is 17.3 Å². The summed E-state index contributed by atoms with van der Waals surface area (Å²) in [6, 6.07) is 12.0. The number of benzene rings is 2. The number of hydrogen-bond acceptors (Lipinski definition) is 8. The van der Waals surface area contributed by atoms with Crippen LogP contribution in [-0.2, 0) is 11.3 Å². The molecule has 0 spiro atoms. The summed E-state index contributed by atoms with van der Waals surface area (Å²) in [6.45, 7) is 2.09. The molecule has 4 rings (SSSR count). The molecule has 0 N–H and O–H groups in total. The average Bonchev–Trinajstić information content (AvgIpc) is 3.40. The topological polar surface area (TPSA) is 105 Å². The maximum absolute atomic E-state index is 12.3. The summed E-state index contributed by atoms with van der Waals surface area (Å²) in [5.41, 5.74) is 1.65. The van der Waals surface area contributed by atoms with Gasteiger partial charge in [0.25, 0.3) is 5.89 Å². The molecule has 0 bridgehead atoms. The molecular weight excluding hydrogens is 443 g/mol. The molecule has 0 unspecified atom stereocenters. The summed E-state index contributed by atoms with van der Waals surface area (Å²) >= 11 is 0. The van der Waals surface area contributed by atoms with Crippen LogP contribution >= 0.6 is 0 Å². The van der Waals surface area contributed by atoms with Crippen LogP contribution < -0.4 is 4.74 Å². The first-order chi connectivity index (χ1) is 15.7. The fourth-order valence-corrected chi connectivity index (χ4v) is 2.99. The molecule has 0 saturated carbocycles. The lowest BCUT2D eigenvalue weighted by molar-refractivity contribution is -0.274. The number of hydrogen-bond donors (Lipinski definition) is 0. The van der Waals surface area contributed by atoms with Crippen LogP contribution in [0.2, 0.25) is 0 Å². The number of aromatic nitrogens is 5. The van der Waals surface area contributed by atoms with Gasteiger partial charge in [-0.15, -0.1) is 18.3 Å². The first-order valence-electron chi connectivity index (χ1n) is 9.51. The Morgan fingerprint density at radius 3 is 2.55 bits per heavy atom. The zero-order valence-electron chi connectivity index (χ0n) is 17.3. The molecular formula is C21H16F3N5O4. The molecule has 0 aliphatic carbocycles. The lowest BCUT2D eigenvalue weighted by Gasteiger charge is -2.08. The van der Waals surface area contributed by atoms with Crippen LogP contribution in [-0.4, -0.2) is 44.3 Å². The van der Waals surface area contributed by atoms with Crippen LogP contribution in [0.25, 0.3) is 23.1 Å². The molecule has 2 aromatic heterocycles. The van der Waals surface area contributed by atoms with Crippen molar-refractivity contribution >= 4 is 5.97 Å². The molecule has 9 nitrogen and oxygen atoms in total. The maximum atomic E-state index is 12.3. The van der Waals surface area contributed by atoms with Crippen molar-refractivity contribution in [3.63, 3.8) is 0 Å². The van der Waals surface area contributed by atoms with Crippen molar-refractivity contribution in [3.8, 4) is 28.9 Å². The number of esters is 1. The fourth-order valence-electron chi connectivity index (χ4n) is 2.99. The van der Waals surface area contributed by atoms with E-state index in [1.54, 1.807) is 29.8 Å². The number of carbonyl (C=O) groups is 1. The molecule has 0 radical (unpaired) electrons. The van der Waals surface area contributed by atoms with Gasteiger partial charge in [0.2, 0.25) is 11.6 Å². The average molecular weight is 459 g/mol. The third kappa shape index (κ3) is 5.17. The van der Waals surface area contributed by atoms with E-state index in [1.165, 1.54) is 19.2 Å². The number of halogens is 3. The molecule has 0 saturated heterocycles. The smallest absolute Gasteiger partial charge is 0.465 e. The van der Waals surface area contributed by atoms with Crippen LogP contribution in [0.4, 0.5) is 13.2 Å². The summed E-state index contributed by atoms with van der Waals surface area (Å²) in [5.74, 6) is 0.162. The number of aryl methyl sites for hydroxylation is 1. The van der Waals surface area contributed by atoms with E-state index < -0.39 is 12.3 Å². The minimum atomic E-state index is -4.77. The zero-order valence-corrected chi connectivity index (χ0v) is 17.3. The van der Waals surface area contributed by atoms with Gasteiger partial charge >= 0.3 is 12.3 Å². The van der Waals surface area contributed by atoms with E-state index in [0.29, 0.717) is 23.5 Å². The van der Waals surface area contributed by atoms with Crippen molar-refractivity contribution in [2.24, 2.45) is 0 Å². The molecule has 0 aliphatic heterocycles. The van der Waals surface area contributed by atoms with Gasteiger partial charge in [-0.2, -0.15) is 4.98 Å². The molecule has 0 fully saturated rings.